The van der Waals surface area contributed by atoms with Crippen molar-refractivity contribution in [1.29, 1.82) is 0 Å². The molecule has 0 radical (unpaired) electrons. The summed E-state index contributed by atoms with van der Waals surface area (Å²) in [6, 6.07) is 0. The third-order valence-electron chi connectivity index (χ3n) is 2.69. The highest BCUT2D eigenvalue weighted by atomic mass is 32.2. The quantitative estimate of drug-likeness (QED) is 0.826. The molecule has 0 saturated carbocycles. The van der Waals surface area contributed by atoms with E-state index in [0.29, 0.717) is 11.8 Å². The molecule has 1 rings (SSSR count). The third kappa shape index (κ3) is 4.61. The average Bonchev–Trinajstić information content (AvgIpc) is 2.64. The number of nitrogens with zero attached hydrogens (tertiary/aromatic N) is 2. The van der Waals surface area contributed by atoms with Crippen LogP contribution in [0.25, 0.3) is 0 Å². The van der Waals surface area contributed by atoms with Crippen molar-refractivity contribution in [2.45, 2.75) is 52.4 Å². The minimum Gasteiger partial charge on any atom is -0.393 e. The molecule has 1 aromatic rings. The summed E-state index contributed by atoms with van der Waals surface area (Å²) < 4.78 is 5.27. The molecule has 0 aliphatic rings. The largest absolute Gasteiger partial charge is 0.393 e. The van der Waals surface area contributed by atoms with E-state index in [2.05, 4.69) is 37.8 Å². The fourth-order valence-electron chi connectivity index (χ4n) is 1.90. The van der Waals surface area contributed by atoms with E-state index in [1.165, 1.54) is 0 Å². The Balaban J connectivity index is 2.61. The van der Waals surface area contributed by atoms with Gasteiger partial charge in [-0.25, -0.2) is 0 Å². The van der Waals surface area contributed by atoms with Gasteiger partial charge < -0.3 is 9.63 Å². The Morgan fingerprint density at radius 2 is 1.89 bits per heavy atom. The zero-order valence-corrected chi connectivity index (χ0v) is 12.7. The summed E-state index contributed by atoms with van der Waals surface area (Å²) in [6.45, 7) is 10.2. The normalized spacial score (nSPS) is 15.3. The maximum Gasteiger partial charge on any atom is 0.232 e. The smallest absolute Gasteiger partial charge is 0.232 e. The predicted octanol–water partition coefficient (Wildman–Crippen LogP) is 3.08. The van der Waals surface area contributed by atoms with Crippen LogP contribution in [0.5, 0.6) is 0 Å². The van der Waals surface area contributed by atoms with Crippen LogP contribution in [0.1, 0.15) is 52.3 Å². The second-order valence-electron chi connectivity index (χ2n) is 5.47. The second-order valence-corrected chi connectivity index (χ2v) is 6.50. The lowest BCUT2D eigenvalue weighted by molar-refractivity contribution is 0.120. The molecule has 0 bridgehead atoms. The lowest BCUT2D eigenvalue weighted by Gasteiger charge is -2.19. The monoisotopic (exact) mass is 272 g/mol. The van der Waals surface area contributed by atoms with Crippen molar-refractivity contribution in [3.63, 3.8) is 0 Å². The number of rotatable bonds is 7. The first-order valence-electron chi connectivity index (χ1n) is 6.50. The van der Waals surface area contributed by atoms with Gasteiger partial charge in [-0.2, -0.15) is 16.7 Å². The van der Waals surface area contributed by atoms with Crippen LogP contribution in [0.15, 0.2) is 4.52 Å². The van der Waals surface area contributed by atoms with E-state index < -0.39 is 6.10 Å². The van der Waals surface area contributed by atoms with Gasteiger partial charge in [-0.15, -0.1) is 0 Å². The Morgan fingerprint density at radius 3 is 2.39 bits per heavy atom. The highest BCUT2D eigenvalue weighted by Gasteiger charge is 2.27. The zero-order valence-electron chi connectivity index (χ0n) is 11.9. The van der Waals surface area contributed by atoms with Gasteiger partial charge in [0.05, 0.1) is 17.8 Å². The van der Waals surface area contributed by atoms with Gasteiger partial charge in [0.2, 0.25) is 5.89 Å². The summed E-state index contributed by atoms with van der Waals surface area (Å²) in [7, 11) is 0. The first-order chi connectivity index (χ1) is 8.41. The van der Waals surface area contributed by atoms with Gasteiger partial charge in [0.1, 0.15) is 0 Å². The van der Waals surface area contributed by atoms with Gasteiger partial charge in [-0.1, -0.05) is 32.9 Å². The van der Waals surface area contributed by atoms with E-state index >= 15 is 0 Å². The van der Waals surface area contributed by atoms with Crippen molar-refractivity contribution in [3.05, 3.63) is 11.7 Å². The molecule has 2 unspecified atom stereocenters. The maximum absolute atomic E-state index is 9.76. The Hall–Kier alpha value is -0.550. The highest BCUT2D eigenvalue weighted by molar-refractivity contribution is 7.98. The van der Waals surface area contributed by atoms with Crippen LogP contribution < -0.4 is 0 Å². The molecule has 0 spiro atoms. The zero-order chi connectivity index (χ0) is 13.7. The fraction of sp³-hybridized carbons (Fsp3) is 0.846. The summed E-state index contributed by atoms with van der Waals surface area (Å²) >= 11 is 1.81. The first kappa shape index (κ1) is 15.5. The summed E-state index contributed by atoms with van der Waals surface area (Å²) in [5, 5.41) is 13.7. The topological polar surface area (TPSA) is 59.2 Å². The molecule has 1 heterocycles. The molecule has 104 valence electrons. The van der Waals surface area contributed by atoms with Crippen molar-refractivity contribution < 1.29 is 9.63 Å². The number of aliphatic hydroxyl groups is 1. The van der Waals surface area contributed by atoms with Crippen molar-refractivity contribution in [3.8, 4) is 0 Å². The molecule has 1 aromatic heterocycles. The predicted molar refractivity (Wildman–Crippen MR) is 74.6 cm³/mol. The SMILES string of the molecule is CC(C)CSCc1noc(C(C(C)C)C(C)O)n1. The van der Waals surface area contributed by atoms with Gasteiger partial charge in [0, 0.05) is 0 Å². The van der Waals surface area contributed by atoms with E-state index in [1.807, 2.05) is 11.8 Å². The molecule has 0 aromatic carbocycles. The van der Waals surface area contributed by atoms with Crippen LogP contribution in [0.2, 0.25) is 0 Å². The van der Waals surface area contributed by atoms with Crippen LogP contribution >= 0.6 is 11.8 Å². The van der Waals surface area contributed by atoms with E-state index in [4.69, 9.17) is 4.52 Å². The molecule has 0 aliphatic carbocycles. The minimum atomic E-state index is -0.471. The van der Waals surface area contributed by atoms with Crippen LogP contribution in [0.4, 0.5) is 0 Å². The molecule has 0 fully saturated rings. The van der Waals surface area contributed by atoms with E-state index in [0.717, 1.165) is 17.3 Å². The van der Waals surface area contributed by atoms with Crippen molar-refractivity contribution in [2.75, 3.05) is 5.75 Å². The Labute approximate surface area is 114 Å². The minimum absolute atomic E-state index is 0.0821. The van der Waals surface area contributed by atoms with Gasteiger partial charge in [-0.05, 0) is 24.5 Å². The fourth-order valence-corrected chi connectivity index (χ4v) is 2.79. The molecule has 0 aliphatic heterocycles. The van der Waals surface area contributed by atoms with Crippen molar-refractivity contribution >= 4 is 11.8 Å². The van der Waals surface area contributed by atoms with Gasteiger partial charge in [0.15, 0.2) is 5.82 Å². The molecular weight excluding hydrogens is 248 g/mol. The lowest BCUT2D eigenvalue weighted by atomic mass is 9.91. The highest BCUT2D eigenvalue weighted by Crippen LogP contribution is 2.27. The summed E-state index contributed by atoms with van der Waals surface area (Å²) in [5.41, 5.74) is 0. The molecule has 0 amide bonds. The standard InChI is InChI=1S/C13H24N2O2S/c1-8(2)6-18-7-11-14-13(17-15-11)12(9(3)4)10(5)16/h8-10,12,16H,6-7H2,1-5H3. The first-order valence-corrected chi connectivity index (χ1v) is 7.65. The number of thioether (sulfide) groups is 1. The molecule has 2 atom stereocenters. The summed E-state index contributed by atoms with van der Waals surface area (Å²) in [6.07, 6.45) is -0.471. The molecule has 18 heavy (non-hydrogen) atoms. The van der Waals surface area contributed by atoms with Crippen LogP contribution in [0.3, 0.4) is 0 Å². The molecule has 1 N–H and O–H groups in total. The average molecular weight is 272 g/mol. The van der Waals surface area contributed by atoms with Gasteiger partial charge in [-0.3, -0.25) is 0 Å². The molecule has 4 nitrogen and oxygen atoms in total. The molecule has 5 heteroatoms. The number of aliphatic hydroxyl groups excluding tert-OH is 1. The van der Waals surface area contributed by atoms with E-state index in [1.54, 1.807) is 6.92 Å². The van der Waals surface area contributed by atoms with E-state index in [9.17, 15) is 5.11 Å². The van der Waals surface area contributed by atoms with E-state index in [-0.39, 0.29) is 11.8 Å². The van der Waals surface area contributed by atoms with Crippen LogP contribution in [0, 0.1) is 11.8 Å². The third-order valence-corrected chi connectivity index (χ3v) is 4.05. The maximum atomic E-state index is 9.76. The Bertz CT molecular complexity index is 343. The Morgan fingerprint density at radius 1 is 1.22 bits per heavy atom. The number of hydrogen-bond acceptors (Lipinski definition) is 5. The van der Waals surface area contributed by atoms with Gasteiger partial charge >= 0.3 is 0 Å². The summed E-state index contributed by atoms with van der Waals surface area (Å²) in [5.74, 6) is 4.01. The Kier molecular flexibility index (Phi) is 6.15. The number of hydrogen-bond donors (Lipinski definition) is 1. The lowest BCUT2D eigenvalue weighted by Crippen LogP contribution is -2.20. The van der Waals surface area contributed by atoms with Crippen molar-refractivity contribution in [2.24, 2.45) is 11.8 Å². The van der Waals surface area contributed by atoms with Crippen LogP contribution in [-0.4, -0.2) is 27.1 Å². The molecular formula is C13H24N2O2S. The van der Waals surface area contributed by atoms with Gasteiger partial charge in [0.25, 0.3) is 0 Å². The second kappa shape index (κ2) is 7.14. The van der Waals surface area contributed by atoms with Crippen LogP contribution in [-0.2, 0) is 5.75 Å². The number of aromatic nitrogens is 2. The molecule has 0 saturated heterocycles. The van der Waals surface area contributed by atoms with Crippen molar-refractivity contribution in [1.82, 2.24) is 10.1 Å². The summed E-state index contributed by atoms with van der Waals surface area (Å²) in [4.78, 5) is 4.39.